The average Bonchev–Trinajstić information content (AvgIpc) is 3.04. The molecule has 2 aromatic heterocycles. The Hall–Kier alpha value is -2.69. The molecule has 0 saturated carbocycles. The molecule has 1 amide bonds. The fourth-order valence-corrected chi connectivity index (χ4v) is 3.26. The molecule has 0 fully saturated rings. The number of anilines is 2. The number of hydrogen-bond donors (Lipinski definition) is 2. The van der Waals surface area contributed by atoms with E-state index in [0.717, 1.165) is 9.13 Å². The van der Waals surface area contributed by atoms with Gasteiger partial charge in [-0.3, -0.25) is 4.79 Å². The van der Waals surface area contributed by atoms with E-state index in [9.17, 15) is 14.0 Å². The highest BCUT2D eigenvalue weighted by Gasteiger charge is 2.25. The highest BCUT2D eigenvalue weighted by molar-refractivity contribution is 14.1. The predicted molar refractivity (Wildman–Crippen MR) is 110 cm³/mol. The molecule has 28 heavy (non-hydrogen) atoms. The van der Waals surface area contributed by atoms with E-state index in [2.05, 4.69) is 15.6 Å². The molecule has 146 valence electrons. The molecule has 0 bridgehead atoms. The zero-order valence-electron chi connectivity index (χ0n) is 15.1. The maximum Gasteiger partial charge on any atom is 0.345 e. The Kier molecular flexibility index (Phi) is 6.12. The molecule has 0 radical (unpaired) electrons. The van der Waals surface area contributed by atoms with E-state index in [1.807, 2.05) is 22.6 Å². The van der Waals surface area contributed by atoms with Crippen molar-refractivity contribution in [2.75, 3.05) is 11.9 Å². The van der Waals surface area contributed by atoms with E-state index in [1.165, 1.54) is 12.3 Å². The molecule has 7 nitrogen and oxygen atoms in total. The number of aryl methyl sites for hydroxylation is 1. The number of amides is 1. The van der Waals surface area contributed by atoms with Gasteiger partial charge in [0.2, 0.25) is 6.41 Å². The van der Waals surface area contributed by atoms with Crippen LogP contribution in [-0.2, 0) is 16.1 Å². The quantitative estimate of drug-likeness (QED) is 0.291. The van der Waals surface area contributed by atoms with Crippen molar-refractivity contribution in [3.63, 3.8) is 0 Å². The van der Waals surface area contributed by atoms with Gasteiger partial charge in [-0.2, -0.15) is 0 Å². The Morgan fingerprint density at radius 2 is 2.21 bits per heavy atom. The number of nitrogens with zero attached hydrogens (tertiary/aromatic N) is 1. The molecular formula is C19H17FIN3O4. The topological polar surface area (TPSA) is 93.5 Å². The minimum Gasteiger partial charge on any atom is -0.463 e. The van der Waals surface area contributed by atoms with Gasteiger partial charge in [-0.05, 0) is 60.2 Å². The van der Waals surface area contributed by atoms with Gasteiger partial charge in [0.05, 0.1) is 30.8 Å². The number of carbonyl (C=O) groups is 2. The van der Waals surface area contributed by atoms with Crippen LogP contribution in [-0.4, -0.2) is 24.0 Å². The first kappa shape index (κ1) is 20.1. The van der Waals surface area contributed by atoms with Crippen molar-refractivity contribution >= 4 is 57.4 Å². The maximum atomic E-state index is 14.3. The van der Waals surface area contributed by atoms with Gasteiger partial charge in [0.25, 0.3) is 0 Å². The highest BCUT2D eigenvalue weighted by Crippen LogP contribution is 2.33. The minimum atomic E-state index is -0.641. The number of rotatable bonds is 7. The van der Waals surface area contributed by atoms with Crippen LogP contribution in [0.2, 0.25) is 0 Å². The van der Waals surface area contributed by atoms with Gasteiger partial charge in [0.1, 0.15) is 17.2 Å². The highest BCUT2D eigenvalue weighted by atomic mass is 127. The van der Waals surface area contributed by atoms with Crippen LogP contribution >= 0.6 is 22.6 Å². The van der Waals surface area contributed by atoms with Crippen LogP contribution in [0.1, 0.15) is 28.5 Å². The Balaban J connectivity index is 2.21. The summed E-state index contributed by atoms with van der Waals surface area (Å²) in [5.74, 6) is -1.05. The zero-order valence-corrected chi connectivity index (χ0v) is 17.3. The van der Waals surface area contributed by atoms with Crippen LogP contribution in [0.4, 0.5) is 15.9 Å². The van der Waals surface area contributed by atoms with E-state index in [0.29, 0.717) is 17.5 Å². The van der Waals surface area contributed by atoms with Gasteiger partial charge in [0.15, 0.2) is 5.58 Å². The van der Waals surface area contributed by atoms with Crippen molar-refractivity contribution in [2.45, 2.75) is 20.4 Å². The van der Waals surface area contributed by atoms with Crippen LogP contribution in [0.25, 0.3) is 11.0 Å². The molecule has 0 aliphatic heterocycles. The van der Waals surface area contributed by atoms with Gasteiger partial charge >= 0.3 is 5.97 Å². The number of nitrogens with one attached hydrogen (secondary N) is 2. The number of carbonyl (C=O) groups excluding carboxylic acids is 2. The Morgan fingerprint density at radius 3 is 2.89 bits per heavy atom. The Morgan fingerprint density at radius 1 is 1.43 bits per heavy atom. The smallest absolute Gasteiger partial charge is 0.345 e. The third-order valence-electron chi connectivity index (χ3n) is 3.99. The minimum absolute atomic E-state index is 0.0674. The third-order valence-corrected chi connectivity index (χ3v) is 4.66. The van der Waals surface area contributed by atoms with Crippen molar-refractivity contribution in [3.05, 3.63) is 50.7 Å². The van der Waals surface area contributed by atoms with Gasteiger partial charge in [-0.25, -0.2) is 14.2 Å². The lowest BCUT2D eigenvalue weighted by molar-refractivity contribution is -0.109. The number of fused-ring (bicyclic) bond motifs is 1. The average molecular weight is 497 g/mol. The molecule has 0 aliphatic carbocycles. The van der Waals surface area contributed by atoms with Gasteiger partial charge in [0, 0.05) is 8.96 Å². The number of halogens is 2. The SMILES string of the molecule is CCOC(=O)c1c(Nc2ccc(I)cc2F)nc(CNC=O)c2c(C)coc12. The number of pyridine rings is 1. The first-order chi connectivity index (χ1) is 13.5. The molecule has 0 unspecified atom stereocenters. The molecule has 3 aromatic rings. The van der Waals surface area contributed by atoms with Crippen LogP contribution in [0.15, 0.2) is 28.9 Å². The number of benzene rings is 1. The fourth-order valence-electron chi connectivity index (χ4n) is 2.81. The summed E-state index contributed by atoms with van der Waals surface area (Å²) in [6.45, 7) is 3.77. The Bertz CT molecular complexity index is 1050. The molecule has 2 heterocycles. The molecule has 0 aliphatic rings. The van der Waals surface area contributed by atoms with E-state index >= 15 is 0 Å². The predicted octanol–water partition coefficient (Wildman–Crippen LogP) is 4.05. The number of ether oxygens (including phenoxy) is 1. The summed E-state index contributed by atoms with van der Waals surface area (Å²) in [4.78, 5) is 27.8. The molecule has 2 N–H and O–H groups in total. The summed E-state index contributed by atoms with van der Waals surface area (Å²) in [6, 6.07) is 4.63. The normalized spacial score (nSPS) is 10.7. The molecule has 0 atom stereocenters. The molecule has 3 rings (SSSR count). The van der Waals surface area contributed by atoms with E-state index in [1.54, 1.807) is 26.0 Å². The van der Waals surface area contributed by atoms with Crippen LogP contribution < -0.4 is 10.6 Å². The third kappa shape index (κ3) is 3.93. The van der Waals surface area contributed by atoms with Crippen molar-refractivity contribution in [3.8, 4) is 0 Å². The van der Waals surface area contributed by atoms with Gasteiger partial charge < -0.3 is 19.8 Å². The Labute approximate surface area is 173 Å². The first-order valence-electron chi connectivity index (χ1n) is 8.43. The lowest BCUT2D eigenvalue weighted by atomic mass is 10.1. The second-order valence-corrected chi connectivity index (χ2v) is 7.12. The summed E-state index contributed by atoms with van der Waals surface area (Å²) < 4.78 is 25.8. The zero-order chi connectivity index (χ0) is 20.3. The van der Waals surface area contributed by atoms with E-state index in [4.69, 9.17) is 9.15 Å². The summed E-state index contributed by atoms with van der Waals surface area (Å²) in [5, 5.41) is 6.02. The monoisotopic (exact) mass is 497 g/mol. The van der Waals surface area contributed by atoms with E-state index < -0.39 is 11.8 Å². The fraction of sp³-hybridized carbons (Fsp3) is 0.211. The molecule has 0 spiro atoms. The summed E-state index contributed by atoms with van der Waals surface area (Å²) >= 11 is 2.00. The molecule has 0 saturated heterocycles. The number of furan rings is 1. The second-order valence-electron chi connectivity index (χ2n) is 5.87. The lowest BCUT2D eigenvalue weighted by Gasteiger charge is -2.14. The maximum absolute atomic E-state index is 14.3. The van der Waals surface area contributed by atoms with Gasteiger partial charge in [-0.15, -0.1) is 0 Å². The summed E-state index contributed by atoms with van der Waals surface area (Å²) in [5.41, 5.74) is 1.72. The van der Waals surface area contributed by atoms with Crippen molar-refractivity contribution < 1.29 is 23.1 Å². The van der Waals surface area contributed by atoms with Crippen LogP contribution in [0.5, 0.6) is 0 Å². The van der Waals surface area contributed by atoms with Crippen LogP contribution in [0, 0.1) is 16.3 Å². The number of hydrogen-bond acceptors (Lipinski definition) is 6. The number of esters is 1. The van der Waals surface area contributed by atoms with E-state index in [-0.39, 0.29) is 35.8 Å². The molecular weight excluding hydrogens is 480 g/mol. The second kappa shape index (κ2) is 8.55. The molecule has 9 heteroatoms. The van der Waals surface area contributed by atoms with Crippen LogP contribution in [0.3, 0.4) is 0 Å². The van der Waals surface area contributed by atoms with Crippen molar-refractivity contribution in [2.24, 2.45) is 0 Å². The standard InChI is InChI=1S/C19H17FIN3O4/c1-3-27-19(26)16-17-15(10(2)8-28-17)14(7-22-9-25)24-18(16)23-13-5-4-11(21)6-12(13)20/h4-6,8-9H,3,7H2,1-2H3,(H,22,25)(H,23,24). The largest absolute Gasteiger partial charge is 0.463 e. The first-order valence-corrected chi connectivity index (χ1v) is 9.51. The lowest BCUT2D eigenvalue weighted by Crippen LogP contribution is -2.16. The van der Waals surface area contributed by atoms with Crippen molar-refractivity contribution in [1.82, 2.24) is 10.3 Å². The summed E-state index contributed by atoms with van der Waals surface area (Å²) in [6.07, 6.45) is 2.04. The van der Waals surface area contributed by atoms with Gasteiger partial charge in [-0.1, -0.05) is 0 Å². The number of aromatic nitrogens is 1. The summed E-state index contributed by atoms with van der Waals surface area (Å²) in [7, 11) is 0. The van der Waals surface area contributed by atoms with Crippen molar-refractivity contribution in [1.29, 1.82) is 0 Å². The molecule has 1 aromatic carbocycles.